The largest absolute Gasteiger partial charge is 0.497 e. The molecule has 1 aliphatic rings. The van der Waals surface area contributed by atoms with Crippen LogP contribution in [-0.2, 0) is 4.79 Å². The van der Waals surface area contributed by atoms with Crippen LogP contribution in [0.15, 0.2) is 104 Å². The Balaban J connectivity index is 1.47. The number of nitro benzene ring substituents is 1. The van der Waals surface area contributed by atoms with E-state index in [0.29, 0.717) is 48.9 Å². The number of nitrogens with one attached hydrogen (secondary N) is 1. The summed E-state index contributed by atoms with van der Waals surface area (Å²) < 4.78 is 12.9. The van der Waals surface area contributed by atoms with Crippen LogP contribution in [0.4, 0.5) is 11.4 Å². The molecule has 12 nitrogen and oxygen atoms in total. The highest BCUT2D eigenvalue weighted by Gasteiger charge is 2.34. The van der Waals surface area contributed by atoms with Crippen molar-refractivity contribution in [1.82, 2.24) is 14.5 Å². The molecule has 248 valence electrons. The molecule has 1 aliphatic heterocycles. The number of fused-ring (bicyclic) bond motifs is 1. The molecule has 3 aromatic carbocycles. The third-order valence-electron chi connectivity index (χ3n) is 7.67. The number of aromatic nitrogens is 3. The van der Waals surface area contributed by atoms with Gasteiger partial charge in [-0.25, -0.2) is 15.0 Å². The standard InChI is InChI=1S/C35H30N6O6S2/c1-19-15-20(2)37-34(36-19)48-28-14-11-22(16-26(28)41(44)45)17-29-33(43)40-31(25-13-12-24(46-4)18-27(25)47-5)30(21(3)38-35(40)49-29)32(42)39-23-9-7-6-8-10-23/h6-18,31H,1-5H3,(H,39,42)/b29-17+/t31-/m1/s1. The van der Waals surface area contributed by atoms with E-state index in [1.165, 1.54) is 24.9 Å². The second-order valence-corrected chi connectivity index (χ2v) is 13.0. The lowest BCUT2D eigenvalue weighted by atomic mass is 9.94. The molecular formula is C35H30N6O6S2. The van der Waals surface area contributed by atoms with Gasteiger partial charge in [0.2, 0.25) is 0 Å². The quantitative estimate of drug-likeness (QED) is 0.122. The van der Waals surface area contributed by atoms with E-state index in [0.717, 1.165) is 34.5 Å². The van der Waals surface area contributed by atoms with E-state index in [1.54, 1.807) is 55.5 Å². The van der Waals surface area contributed by atoms with Crippen molar-refractivity contribution >= 4 is 46.5 Å². The van der Waals surface area contributed by atoms with Gasteiger partial charge in [-0.15, -0.1) is 0 Å². The Labute approximate surface area is 288 Å². The number of para-hydroxylation sites is 1. The lowest BCUT2D eigenvalue weighted by Gasteiger charge is -2.26. The van der Waals surface area contributed by atoms with Gasteiger partial charge in [0.1, 0.15) is 17.5 Å². The van der Waals surface area contributed by atoms with Crippen molar-refractivity contribution in [3.63, 3.8) is 0 Å². The van der Waals surface area contributed by atoms with Crippen molar-refractivity contribution in [1.29, 1.82) is 0 Å². The second-order valence-electron chi connectivity index (χ2n) is 11.0. The first-order valence-electron chi connectivity index (χ1n) is 15.0. The molecule has 14 heteroatoms. The first-order valence-corrected chi connectivity index (χ1v) is 16.6. The number of amides is 1. The normalized spacial score (nSPS) is 14.2. The van der Waals surface area contributed by atoms with Crippen LogP contribution in [-0.4, -0.2) is 39.6 Å². The molecule has 1 amide bonds. The lowest BCUT2D eigenvalue weighted by molar-refractivity contribution is -0.387. The molecule has 3 heterocycles. The highest BCUT2D eigenvalue weighted by molar-refractivity contribution is 7.99. The van der Waals surface area contributed by atoms with E-state index < -0.39 is 22.4 Å². The monoisotopic (exact) mass is 694 g/mol. The number of thiazole rings is 1. The number of methoxy groups -OCH3 is 2. The van der Waals surface area contributed by atoms with E-state index in [1.807, 2.05) is 38.1 Å². The van der Waals surface area contributed by atoms with Crippen molar-refractivity contribution in [2.45, 2.75) is 36.9 Å². The van der Waals surface area contributed by atoms with Gasteiger partial charge in [0.15, 0.2) is 9.96 Å². The zero-order valence-corrected chi connectivity index (χ0v) is 28.7. The van der Waals surface area contributed by atoms with Crippen LogP contribution >= 0.6 is 23.1 Å². The number of nitrogens with zero attached hydrogens (tertiary/aromatic N) is 5. The summed E-state index contributed by atoms with van der Waals surface area (Å²) in [6.45, 7) is 5.39. The minimum absolute atomic E-state index is 0.147. The number of nitro groups is 1. The Hall–Kier alpha value is -5.60. The summed E-state index contributed by atoms with van der Waals surface area (Å²) >= 11 is 2.22. The summed E-state index contributed by atoms with van der Waals surface area (Å²) in [6, 6.07) is 19.8. The molecule has 0 radical (unpaired) electrons. The number of carbonyl (C=O) groups is 1. The molecule has 0 spiro atoms. The zero-order chi connectivity index (χ0) is 34.8. The molecule has 0 unspecified atom stereocenters. The summed E-state index contributed by atoms with van der Waals surface area (Å²) in [7, 11) is 3.04. The average Bonchev–Trinajstić information content (AvgIpc) is 3.37. The third-order valence-corrected chi connectivity index (χ3v) is 9.59. The minimum atomic E-state index is -0.908. The lowest BCUT2D eigenvalue weighted by Crippen LogP contribution is -2.40. The van der Waals surface area contributed by atoms with Gasteiger partial charge in [0, 0.05) is 34.8 Å². The van der Waals surface area contributed by atoms with Gasteiger partial charge in [-0.2, -0.15) is 0 Å². The molecule has 5 aromatic rings. The molecule has 1 atom stereocenters. The van der Waals surface area contributed by atoms with E-state index >= 15 is 0 Å². The minimum Gasteiger partial charge on any atom is -0.497 e. The van der Waals surface area contributed by atoms with Gasteiger partial charge in [-0.3, -0.25) is 24.3 Å². The molecule has 0 bridgehead atoms. The molecule has 0 saturated heterocycles. The number of anilines is 1. The molecule has 6 rings (SSSR count). The molecule has 0 aliphatic carbocycles. The van der Waals surface area contributed by atoms with Crippen molar-refractivity contribution in [3.8, 4) is 11.5 Å². The Bertz CT molecular complexity index is 2310. The summed E-state index contributed by atoms with van der Waals surface area (Å²) in [4.78, 5) is 54.0. The van der Waals surface area contributed by atoms with E-state index in [2.05, 4.69) is 20.3 Å². The number of hydrogen-bond donors (Lipinski definition) is 1. The number of ether oxygens (including phenoxy) is 2. The van der Waals surface area contributed by atoms with Crippen LogP contribution in [0.5, 0.6) is 11.5 Å². The third kappa shape index (κ3) is 6.87. The van der Waals surface area contributed by atoms with Crippen LogP contribution in [0.3, 0.4) is 0 Å². The number of carbonyl (C=O) groups excluding carboxylic acids is 1. The first kappa shape index (κ1) is 33.3. The van der Waals surface area contributed by atoms with Crippen LogP contribution in [0.2, 0.25) is 0 Å². The summed E-state index contributed by atoms with van der Waals surface area (Å²) in [5.41, 5.74) is 3.20. The Morgan fingerprint density at radius 1 is 1.00 bits per heavy atom. The van der Waals surface area contributed by atoms with Gasteiger partial charge >= 0.3 is 0 Å². The van der Waals surface area contributed by atoms with Crippen LogP contribution in [0.1, 0.15) is 35.5 Å². The smallest absolute Gasteiger partial charge is 0.283 e. The number of allylic oxidation sites excluding steroid dienone is 1. The molecule has 2 aromatic heterocycles. The fraction of sp³-hybridized carbons (Fsp3) is 0.171. The van der Waals surface area contributed by atoms with E-state index in [4.69, 9.17) is 9.47 Å². The predicted molar refractivity (Wildman–Crippen MR) is 187 cm³/mol. The predicted octanol–water partition coefficient (Wildman–Crippen LogP) is 5.36. The number of benzene rings is 3. The van der Waals surface area contributed by atoms with E-state index in [9.17, 15) is 19.7 Å². The van der Waals surface area contributed by atoms with E-state index in [-0.39, 0.29) is 15.8 Å². The first-order chi connectivity index (χ1) is 23.6. The Morgan fingerprint density at radius 3 is 2.41 bits per heavy atom. The van der Waals surface area contributed by atoms with Gasteiger partial charge < -0.3 is 14.8 Å². The number of aryl methyl sites for hydroxylation is 2. The number of rotatable bonds is 9. The molecule has 1 N–H and O–H groups in total. The fourth-order valence-electron chi connectivity index (χ4n) is 5.51. The maximum atomic E-state index is 14.3. The maximum absolute atomic E-state index is 14.3. The highest BCUT2D eigenvalue weighted by Crippen LogP contribution is 2.38. The summed E-state index contributed by atoms with van der Waals surface area (Å²) in [5.74, 6) is 0.521. The fourth-order valence-corrected chi connectivity index (χ4v) is 7.51. The van der Waals surface area contributed by atoms with Crippen molar-refractivity contribution in [2.24, 2.45) is 4.99 Å². The SMILES string of the molecule is COc1ccc([C@@H]2C(C(=O)Nc3ccccc3)=C(C)N=c3s/c(=C/c4ccc(Sc5nc(C)cc(C)n5)c([N+](=O)[O-])c4)c(=O)n32)c(OC)c1. The highest BCUT2D eigenvalue weighted by atomic mass is 32.2. The van der Waals surface area contributed by atoms with Crippen LogP contribution < -0.4 is 29.7 Å². The van der Waals surface area contributed by atoms with Gasteiger partial charge in [0.25, 0.3) is 17.2 Å². The second kappa shape index (κ2) is 13.9. The Kier molecular flexibility index (Phi) is 9.42. The van der Waals surface area contributed by atoms with Crippen molar-refractivity contribution in [3.05, 3.63) is 136 Å². The topological polar surface area (TPSA) is 151 Å². The summed E-state index contributed by atoms with van der Waals surface area (Å²) in [6.07, 6.45) is 1.59. The van der Waals surface area contributed by atoms with Gasteiger partial charge in [0.05, 0.1) is 39.8 Å². The molecule has 0 fully saturated rings. The van der Waals surface area contributed by atoms with Crippen molar-refractivity contribution < 1.29 is 19.2 Å². The van der Waals surface area contributed by atoms with Gasteiger partial charge in [-0.05, 0) is 80.6 Å². The zero-order valence-electron chi connectivity index (χ0n) is 27.1. The molecular weight excluding hydrogens is 665 g/mol. The van der Waals surface area contributed by atoms with Gasteiger partial charge in [-0.1, -0.05) is 35.6 Å². The van der Waals surface area contributed by atoms with Crippen LogP contribution in [0, 0.1) is 24.0 Å². The summed E-state index contributed by atoms with van der Waals surface area (Å²) in [5, 5.41) is 15.5. The molecule has 0 saturated carbocycles. The molecule has 49 heavy (non-hydrogen) atoms. The number of hydrogen-bond acceptors (Lipinski definition) is 11. The Morgan fingerprint density at radius 2 is 1.73 bits per heavy atom. The van der Waals surface area contributed by atoms with Crippen LogP contribution in [0.25, 0.3) is 6.08 Å². The maximum Gasteiger partial charge on any atom is 0.283 e. The van der Waals surface area contributed by atoms with Crippen molar-refractivity contribution in [2.75, 3.05) is 19.5 Å². The average molecular weight is 695 g/mol.